The van der Waals surface area contributed by atoms with Crippen molar-refractivity contribution in [3.8, 4) is 0 Å². The first-order valence-corrected chi connectivity index (χ1v) is 10.6. The van der Waals surface area contributed by atoms with E-state index in [9.17, 15) is 0 Å². The predicted octanol–water partition coefficient (Wildman–Crippen LogP) is 4.74. The average Bonchev–Trinajstić information content (AvgIpc) is 2.80. The van der Waals surface area contributed by atoms with Crippen molar-refractivity contribution in [1.82, 2.24) is 15.0 Å². The fourth-order valence-electron chi connectivity index (χ4n) is 2.78. The standard InChI is InChI=1S/C23H31N7/c1-3-11-24-20-7-10-23(30-17-20)29-16-19-6-9-22(28-15-19)27-14-18-5-8-21(26-13-18)25-12-4-2/h5-10,13,15,17,24H,3-4,11-12,14,16H2,1-2H3,(H,25,26)(H,27,28)(H,29,30). The Hall–Kier alpha value is -3.35. The molecule has 3 aromatic rings. The van der Waals surface area contributed by atoms with E-state index >= 15 is 0 Å². The second-order valence-corrected chi connectivity index (χ2v) is 7.10. The maximum Gasteiger partial charge on any atom is 0.126 e. The molecule has 0 bridgehead atoms. The van der Waals surface area contributed by atoms with Crippen molar-refractivity contribution in [2.75, 3.05) is 34.4 Å². The first-order valence-electron chi connectivity index (χ1n) is 10.6. The Morgan fingerprint density at radius 1 is 0.567 bits per heavy atom. The molecular weight excluding hydrogens is 374 g/mol. The Morgan fingerprint density at radius 3 is 1.53 bits per heavy atom. The Morgan fingerprint density at radius 2 is 1.07 bits per heavy atom. The third-order valence-electron chi connectivity index (χ3n) is 4.50. The molecule has 0 radical (unpaired) electrons. The maximum atomic E-state index is 4.50. The number of hydrogen-bond acceptors (Lipinski definition) is 7. The molecule has 158 valence electrons. The van der Waals surface area contributed by atoms with E-state index in [-0.39, 0.29) is 0 Å². The van der Waals surface area contributed by atoms with E-state index in [0.717, 1.165) is 60.2 Å². The molecular formula is C23H31N7. The minimum Gasteiger partial charge on any atom is -0.384 e. The Balaban J connectivity index is 1.43. The molecule has 0 aliphatic carbocycles. The zero-order valence-corrected chi connectivity index (χ0v) is 17.8. The molecule has 0 amide bonds. The molecule has 4 N–H and O–H groups in total. The lowest BCUT2D eigenvalue weighted by Crippen LogP contribution is -2.05. The van der Waals surface area contributed by atoms with Crippen molar-refractivity contribution in [2.24, 2.45) is 0 Å². The minimum atomic E-state index is 0.679. The Labute approximate surface area is 178 Å². The molecule has 0 unspecified atom stereocenters. The van der Waals surface area contributed by atoms with Gasteiger partial charge in [0.1, 0.15) is 17.5 Å². The van der Waals surface area contributed by atoms with Crippen LogP contribution in [0.25, 0.3) is 0 Å². The first kappa shape index (κ1) is 21.4. The van der Waals surface area contributed by atoms with Crippen molar-refractivity contribution < 1.29 is 0 Å². The lowest BCUT2D eigenvalue weighted by molar-refractivity contribution is 0.966. The summed E-state index contributed by atoms with van der Waals surface area (Å²) >= 11 is 0. The molecule has 7 nitrogen and oxygen atoms in total. The summed E-state index contributed by atoms with van der Waals surface area (Å²) in [5.41, 5.74) is 3.26. The third-order valence-corrected chi connectivity index (χ3v) is 4.50. The van der Waals surface area contributed by atoms with Gasteiger partial charge < -0.3 is 21.3 Å². The minimum absolute atomic E-state index is 0.679. The second-order valence-electron chi connectivity index (χ2n) is 7.10. The molecule has 3 heterocycles. The molecule has 3 rings (SSSR count). The van der Waals surface area contributed by atoms with Crippen LogP contribution in [-0.4, -0.2) is 28.0 Å². The quantitative estimate of drug-likeness (QED) is 0.346. The zero-order chi connectivity index (χ0) is 21.0. The largest absolute Gasteiger partial charge is 0.384 e. The van der Waals surface area contributed by atoms with Gasteiger partial charge in [0.15, 0.2) is 0 Å². The summed E-state index contributed by atoms with van der Waals surface area (Å²) in [7, 11) is 0. The summed E-state index contributed by atoms with van der Waals surface area (Å²) in [5, 5.41) is 13.3. The number of anilines is 4. The summed E-state index contributed by atoms with van der Waals surface area (Å²) in [4.78, 5) is 13.4. The van der Waals surface area contributed by atoms with E-state index in [4.69, 9.17) is 0 Å². The highest BCUT2D eigenvalue weighted by Crippen LogP contribution is 2.13. The molecule has 0 aromatic carbocycles. The third kappa shape index (κ3) is 6.92. The van der Waals surface area contributed by atoms with Gasteiger partial charge in [-0.1, -0.05) is 26.0 Å². The van der Waals surface area contributed by atoms with Gasteiger partial charge in [0, 0.05) is 38.6 Å². The SMILES string of the molecule is CCCNc1ccc(NCc2ccc(NCc3ccc(NCCC)nc3)nc2)nc1. The summed E-state index contributed by atoms with van der Waals surface area (Å²) < 4.78 is 0. The van der Waals surface area contributed by atoms with E-state index in [2.05, 4.69) is 62.2 Å². The van der Waals surface area contributed by atoms with Gasteiger partial charge in [0.05, 0.1) is 11.9 Å². The van der Waals surface area contributed by atoms with Gasteiger partial charge in [-0.25, -0.2) is 15.0 Å². The van der Waals surface area contributed by atoms with Gasteiger partial charge in [-0.3, -0.25) is 0 Å². The normalized spacial score (nSPS) is 10.5. The average molecular weight is 406 g/mol. The van der Waals surface area contributed by atoms with E-state index in [1.807, 2.05) is 42.9 Å². The van der Waals surface area contributed by atoms with E-state index in [1.165, 1.54) is 0 Å². The predicted molar refractivity (Wildman–Crippen MR) is 125 cm³/mol. The van der Waals surface area contributed by atoms with Gasteiger partial charge in [0.25, 0.3) is 0 Å². The summed E-state index contributed by atoms with van der Waals surface area (Å²) in [6.45, 7) is 7.55. The number of rotatable bonds is 12. The highest BCUT2D eigenvalue weighted by Gasteiger charge is 2.00. The maximum absolute atomic E-state index is 4.50. The topological polar surface area (TPSA) is 86.8 Å². The van der Waals surface area contributed by atoms with E-state index < -0.39 is 0 Å². The highest BCUT2D eigenvalue weighted by atomic mass is 15.0. The molecule has 0 spiro atoms. The number of hydrogen-bond donors (Lipinski definition) is 4. The molecule has 0 aliphatic heterocycles. The van der Waals surface area contributed by atoms with Crippen LogP contribution in [0.5, 0.6) is 0 Å². The van der Waals surface area contributed by atoms with Crippen LogP contribution < -0.4 is 21.3 Å². The van der Waals surface area contributed by atoms with Crippen molar-refractivity contribution in [2.45, 2.75) is 39.8 Å². The molecule has 3 aromatic heterocycles. The summed E-state index contributed by atoms with van der Waals surface area (Å²) in [6, 6.07) is 12.2. The van der Waals surface area contributed by atoms with Gasteiger partial charge in [-0.2, -0.15) is 0 Å². The van der Waals surface area contributed by atoms with Crippen molar-refractivity contribution in [3.63, 3.8) is 0 Å². The van der Waals surface area contributed by atoms with Crippen LogP contribution in [0.2, 0.25) is 0 Å². The van der Waals surface area contributed by atoms with Gasteiger partial charge in [0.2, 0.25) is 0 Å². The van der Waals surface area contributed by atoms with Crippen molar-refractivity contribution >= 4 is 23.1 Å². The monoisotopic (exact) mass is 405 g/mol. The van der Waals surface area contributed by atoms with Crippen molar-refractivity contribution in [3.05, 3.63) is 66.1 Å². The number of nitrogens with one attached hydrogen (secondary N) is 4. The number of nitrogens with zero attached hydrogens (tertiary/aromatic N) is 3. The smallest absolute Gasteiger partial charge is 0.126 e. The van der Waals surface area contributed by atoms with Gasteiger partial charge >= 0.3 is 0 Å². The molecule has 0 fully saturated rings. The van der Waals surface area contributed by atoms with Crippen LogP contribution in [0.3, 0.4) is 0 Å². The van der Waals surface area contributed by atoms with E-state index in [0.29, 0.717) is 13.1 Å². The summed E-state index contributed by atoms with van der Waals surface area (Å²) in [6.07, 6.45) is 7.80. The van der Waals surface area contributed by atoms with Crippen LogP contribution in [0.4, 0.5) is 23.1 Å². The molecule has 0 aliphatic rings. The molecule has 0 saturated carbocycles. The summed E-state index contributed by atoms with van der Waals surface area (Å²) in [5.74, 6) is 2.61. The zero-order valence-electron chi connectivity index (χ0n) is 17.8. The number of aromatic nitrogens is 3. The van der Waals surface area contributed by atoms with E-state index in [1.54, 1.807) is 0 Å². The van der Waals surface area contributed by atoms with Crippen LogP contribution >= 0.6 is 0 Å². The van der Waals surface area contributed by atoms with Crippen LogP contribution in [0.15, 0.2) is 55.0 Å². The molecule has 0 atom stereocenters. The second kappa shape index (κ2) is 11.6. The molecule has 7 heteroatoms. The number of pyridine rings is 3. The van der Waals surface area contributed by atoms with Gasteiger partial charge in [-0.15, -0.1) is 0 Å². The van der Waals surface area contributed by atoms with Crippen LogP contribution in [-0.2, 0) is 13.1 Å². The Bertz CT molecular complexity index is 787. The first-order chi connectivity index (χ1) is 14.8. The lowest BCUT2D eigenvalue weighted by atomic mass is 10.2. The fraction of sp³-hybridized carbons (Fsp3) is 0.348. The van der Waals surface area contributed by atoms with Gasteiger partial charge in [-0.05, 0) is 48.2 Å². The Kier molecular flexibility index (Phi) is 8.26. The fourth-order valence-corrected chi connectivity index (χ4v) is 2.78. The lowest BCUT2D eigenvalue weighted by Gasteiger charge is -2.09. The molecule has 0 saturated heterocycles. The van der Waals surface area contributed by atoms with Crippen LogP contribution in [0, 0.1) is 0 Å². The molecule has 30 heavy (non-hydrogen) atoms. The highest BCUT2D eigenvalue weighted by molar-refractivity contribution is 5.47. The van der Waals surface area contributed by atoms with Crippen LogP contribution in [0.1, 0.15) is 37.8 Å². The van der Waals surface area contributed by atoms with Crippen molar-refractivity contribution in [1.29, 1.82) is 0 Å².